The van der Waals surface area contributed by atoms with Crippen molar-refractivity contribution in [1.82, 2.24) is 0 Å². The number of hydrogen-bond acceptors (Lipinski definition) is 2. The van der Waals surface area contributed by atoms with Crippen molar-refractivity contribution in [3.8, 4) is 5.75 Å². The molecule has 2 aromatic rings. The first-order valence-electron chi connectivity index (χ1n) is 8.66. The second kappa shape index (κ2) is 7.53. The van der Waals surface area contributed by atoms with Crippen molar-refractivity contribution in [3.63, 3.8) is 0 Å². The summed E-state index contributed by atoms with van der Waals surface area (Å²) in [6.45, 7) is 13.1. The molecule has 0 amide bonds. The Morgan fingerprint density at radius 1 is 1.00 bits per heavy atom. The van der Waals surface area contributed by atoms with Gasteiger partial charge in [0.15, 0.2) is 0 Å². The van der Waals surface area contributed by atoms with Gasteiger partial charge in [-0.15, -0.1) is 11.3 Å². The average Bonchev–Trinajstić information content (AvgIpc) is 2.72. The number of rotatable bonds is 6. The number of phenols is 1. The molecule has 1 heterocycles. The Morgan fingerprint density at radius 2 is 1.61 bits per heavy atom. The van der Waals surface area contributed by atoms with Crippen molar-refractivity contribution in [2.24, 2.45) is 5.92 Å². The Labute approximate surface area is 145 Å². The van der Waals surface area contributed by atoms with Crippen LogP contribution in [0.1, 0.15) is 57.8 Å². The van der Waals surface area contributed by atoms with Gasteiger partial charge in [0.05, 0.1) is 0 Å². The number of phenolic OH excluding ortho intramolecular Hbond substituents is 1. The molecule has 1 aromatic heterocycles. The summed E-state index contributed by atoms with van der Waals surface area (Å²) in [5.74, 6) is 1.16. The zero-order valence-electron chi connectivity index (χ0n) is 15.4. The second-order valence-electron chi connectivity index (χ2n) is 7.21. The maximum absolute atomic E-state index is 9.88. The minimum Gasteiger partial charge on any atom is -0.507 e. The lowest BCUT2D eigenvalue weighted by molar-refractivity contribution is 0.466. The lowest BCUT2D eigenvalue weighted by Gasteiger charge is -2.08. The van der Waals surface area contributed by atoms with Gasteiger partial charge in [0.25, 0.3) is 0 Å². The van der Waals surface area contributed by atoms with Crippen LogP contribution in [-0.2, 0) is 19.3 Å². The molecule has 2 rings (SSSR count). The molecule has 0 unspecified atom stereocenters. The van der Waals surface area contributed by atoms with E-state index in [1.165, 1.54) is 28.8 Å². The Kier molecular flexibility index (Phi) is 5.91. The number of hydrogen-bond donors (Lipinski definition) is 1. The molecule has 0 bridgehead atoms. The fourth-order valence-corrected chi connectivity index (χ4v) is 4.59. The Bertz CT molecular complexity index is 656. The molecule has 126 valence electrons. The molecule has 0 fully saturated rings. The molecule has 23 heavy (non-hydrogen) atoms. The SMILES string of the molecule is Cc1cc(CCCc2sc(C)c(CC(C)C)c2C)cc(C)c1O. The van der Waals surface area contributed by atoms with E-state index in [-0.39, 0.29) is 0 Å². The van der Waals surface area contributed by atoms with Crippen molar-refractivity contribution in [2.75, 3.05) is 0 Å². The molecule has 1 nitrogen and oxygen atoms in total. The van der Waals surface area contributed by atoms with Gasteiger partial charge in [0, 0.05) is 9.75 Å². The van der Waals surface area contributed by atoms with Crippen LogP contribution in [0.5, 0.6) is 5.75 Å². The quantitative estimate of drug-likeness (QED) is 0.682. The summed E-state index contributed by atoms with van der Waals surface area (Å²) in [6.07, 6.45) is 4.61. The lowest BCUT2D eigenvalue weighted by Crippen LogP contribution is -1.97. The van der Waals surface area contributed by atoms with E-state index < -0.39 is 0 Å². The number of thiophene rings is 1. The molecule has 1 N–H and O–H groups in total. The topological polar surface area (TPSA) is 20.2 Å². The van der Waals surface area contributed by atoms with Crippen LogP contribution >= 0.6 is 11.3 Å². The van der Waals surface area contributed by atoms with Crippen molar-refractivity contribution in [3.05, 3.63) is 49.7 Å². The van der Waals surface area contributed by atoms with Crippen LogP contribution in [0.4, 0.5) is 0 Å². The first-order chi connectivity index (χ1) is 10.8. The normalized spacial score (nSPS) is 11.4. The molecule has 1 aromatic carbocycles. The summed E-state index contributed by atoms with van der Waals surface area (Å²) in [5, 5.41) is 9.88. The van der Waals surface area contributed by atoms with Crippen molar-refractivity contribution >= 4 is 11.3 Å². The van der Waals surface area contributed by atoms with E-state index in [1.807, 2.05) is 25.2 Å². The smallest absolute Gasteiger partial charge is 0.121 e. The molecule has 0 aliphatic heterocycles. The summed E-state index contributed by atoms with van der Waals surface area (Å²) < 4.78 is 0. The zero-order valence-corrected chi connectivity index (χ0v) is 16.2. The molecule has 0 aliphatic carbocycles. The summed E-state index contributed by atoms with van der Waals surface area (Å²) in [7, 11) is 0. The third kappa shape index (κ3) is 4.38. The fraction of sp³-hybridized carbons (Fsp3) is 0.524. The molecule has 0 spiro atoms. The largest absolute Gasteiger partial charge is 0.507 e. The third-order valence-corrected chi connectivity index (χ3v) is 5.91. The first-order valence-corrected chi connectivity index (χ1v) is 9.48. The van der Waals surface area contributed by atoms with Gasteiger partial charge in [-0.2, -0.15) is 0 Å². The predicted octanol–water partition coefficient (Wildman–Crippen LogP) is 6.06. The van der Waals surface area contributed by atoms with Gasteiger partial charge in [0.1, 0.15) is 5.75 Å². The Balaban J connectivity index is 2.02. The van der Waals surface area contributed by atoms with E-state index in [2.05, 4.69) is 39.8 Å². The van der Waals surface area contributed by atoms with Gasteiger partial charge in [-0.3, -0.25) is 0 Å². The minimum atomic E-state index is 0.441. The van der Waals surface area contributed by atoms with Gasteiger partial charge < -0.3 is 5.11 Å². The highest BCUT2D eigenvalue weighted by atomic mass is 32.1. The fourth-order valence-electron chi connectivity index (χ4n) is 3.34. The zero-order chi connectivity index (χ0) is 17.1. The second-order valence-corrected chi connectivity index (χ2v) is 8.52. The van der Waals surface area contributed by atoms with Crippen molar-refractivity contribution in [1.29, 1.82) is 0 Å². The highest BCUT2D eigenvalue weighted by molar-refractivity contribution is 7.12. The third-order valence-electron chi connectivity index (χ3n) is 4.60. The Hall–Kier alpha value is -1.28. The molecule has 0 radical (unpaired) electrons. The van der Waals surface area contributed by atoms with E-state index in [9.17, 15) is 5.11 Å². The predicted molar refractivity (Wildman–Crippen MR) is 102 cm³/mol. The monoisotopic (exact) mass is 330 g/mol. The van der Waals surface area contributed by atoms with E-state index in [0.717, 1.165) is 29.9 Å². The number of aromatic hydroxyl groups is 1. The van der Waals surface area contributed by atoms with Gasteiger partial charge in [-0.1, -0.05) is 26.0 Å². The van der Waals surface area contributed by atoms with Crippen LogP contribution in [-0.4, -0.2) is 5.11 Å². The number of aryl methyl sites for hydroxylation is 5. The summed E-state index contributed by atoms with van der Waals surface area (Å²) in [4.78, 5) is 3.06. The van der Waals surface area contributed by atoms with Gasteiger partial charge in [0.2, 0.25) is 0 Å². The van der Waals surface area contributed by atoms with E-state index in [0.29, 0.717) is 5.75 Å². The van der Waals surface area contributed by atoms with Crippen LogP contribution in [0, 0.1) is 33.6 Å². The molecular formula is C21H30OS. The molecule has 0 atom stereocenters. The van der Waals surface area contributed by atoms with Crippen LogP contribution in [0.2, 0.25) is 0 Å². The lowest BCUT2D eigenvalue weighted by atomic mass is 9.97. The highest BCUT2D eigenvalue weighted by Crippen LogP contribution is 2.31. The van der Waals surface area contributed by atoms with Crippen molar-refractivity contribution in [2.45, 2.75) is 67.2 Å². The summed E-state index contributed by atoms with van der Waals surface area (Å²) >= 11 is 1.99. The van der Waals surface area contributed by atoms with Gasteiger partial charge in [-0.25, -0.2) is 0 Å². The molecule has 0 saturated carbocycles. The van der Waals surface area contributed by atoms with Crippen LogP contribution in [0.25, 0.3) is 0 Å². The van der Waals surface area contributed by atoms with Gasteiger partial charge >= 0.3 is 0 Å². The molecule has 0 aliphatic rings. The molecular weight excluding hydrogens is 300 g/mol. The maximum Gasteiger partial charge on any atom is 0.121 e. The molecule has 2 heteroatoms. The standard InChI is InChI=1S/C21H30OS/c1-13(2)10-19-16(5)20(23-17(19)6)9-7-8-18-11-14(3)21(22)15(4)12-18/h11-13,22H,7-10H2,1-6H3. The number of benzene rings is 1. The molecule has 0 saturated heterocycles. The van der Waals surface area contributed by atoms with Crippen molar-refractivity contribution < 1.29 is 5.11 Å². The highest BCUT2D eigenvalue weighted by Gasteiger charge is 2.13. The summed E-state index contributed by atoms with van der Waals surface area (Å²) in [5.41, 5.74) is 6.42. The van der Waals surface area contributed by atoms with Crippen LogP contribution in [0.3, 0.4) is 0 Å². The van der Waals surface area contributed by atoms with E-state index in [4.69, 9.17) is 0 Å². The Morgan fingerprint density at radius 3 is 2.17 bits per heavy atom. The first kappa shape index (κ1) is 18.1. The van der Waals surface area contributed by atoms with Crippen LogP contribution in [0.15, 0.2) is 12.1 Å². The minimum absolute atomic E-state index is 0.441. The van der Waals surface area contributed by atoms with Crippen LogP contribution < -0.4 is 0 Å². The summed E-state index contributed by atoms with van der Waals surface area (Å²) in [6, 6.07) is 4.25. The maximum atomic E-state index is 9.88. The van der Waals surface area contributed by atoms with E-state index >= 15 is 0 Å². The van der Waals surface area contributed by atoms with Gasteiger partial charge in [-0.05, 0) is 87.1 Å². The average molecular weight is 331 g/mol. The van der Waals surface area contributed by atoms with E-state index in [1.54, 1.807) is 10.4 Å².